The number of carboxylic acids is 2. The molecule has 41 heavy (non-hydrogen) atoms. The number of aliphatic carboxylic acids is 2. The van der Waals surface area contributed by atoms with Crippen LogP contribution in [0.25, 0.3) is 0 Å². The number of carbonyl (C=O) groups excluding carboxylic acids is 1. The van der Waals surface area contributed by atoms with Crippen molar-refractivity contribution >= 4 is 35.1 Å². The minimum absolute atomic E-state index is 0.0860. The largest absolute Gasteiger partial charge is 0.480 e. The average Bonchev–Trinajstić information content (AvgIpc) is 2.93. The molecule has 0 radical (unpaired) electrons. The van der Waals surface area contributed by atoms with Gasteiger partial charge >= 0.3 is 11.9 Å². The topological polar surface area (TPSA) is 134 Å². The number of halogens is 2. The first-order valence-electron chi connectivity index (χ1n) is 13.9. The standard InChI is InChI=1S/C30H40ClFN2O7/c1-21-10-15-24(19-25(21)31)33-16-7-8-18-40-27(28(30(38)39)41-20-26(35)36)29(37)34-17-6-4-2-3-5-9-22-11-13-23(32)14-12-22/h10-15,19,27-28,33H,2-9,16-18,20H2,1H3,(H,34,37)(H,35,36)(H,38,39). The summed E-state index contributed by atoms with van der Waals surface area (Å²) >= 11 is 6.14. The third-order valence-corrected chi connectivity index (χ3v) is 6.79. The molecule has 0 aliphatic rings. The Bertz CT molecular complexity index is 1100. The van der Waals surface area contributed by atoms with E-state index in [1.165, 1.54) is 12.1 Å². The summed E-state index contributed by atoms with van der Waals surface area (Å²) in [5.74, 6) is -3.74. The minimum atomic E-state index is -1.76. The number of unbranched alkanes of at least 4 members (excludes halogenated alkanes) is 5. The highest BCUT2D eigenvalue weighted by Crippen LogP contribution is 2.20. The maximum absolute atomic E-state index is 13.0. The zero-order valence-electron chi connectivity index (χ0n) is 23.4. The van der Waals surface area contributed by atoms with Crippen molar-refractivity contribution < 1.29 is 38.5 Å². The van der Waals surface area contributed by atoms with Gasteiger partial charge in [-0.25, -0.2) is 14.0 Å². The van der Waals surface area contributed by atoms with Crippen molar-refractivity contribution in [2.45, 2.75) is 70.5 Å². The summed E-state index contributed by atoms with van der Waals surface area (Å²) in [5.41, 5.74) is 2.95. The van der Waals surface area contributed by atoms with E-state index in [9.17, 15) is 23.9 Å². The summed E-state index contributed by atoms with van der Waals surface area (Å²) in [5, 5.41) is 25.1. The number of amides is 1. The van der Waals surface area contributed by atoms with E-state index in [4.69, 9.17) is 26.2 Å². The molecular formula is C30H40ClFN2O7. The number of anilines is 1. The first kappa shape index (κ1) is 34.0. The molecule has 0 heterocycles. The third-order valence-electron chi connectivity index (χ3n) is 6.39. The maximum Gasteiger partial charge on any atom is 0.336 e. The molecule has 0 bridgehead atoms. The Morgan fingerprint density at radius 1 is 0.878 bits per heavy atom. The number of carbonyl (C=O) groups is 3. The van der Waals surface area contributed by atoms with E-state index >= 15 is 0 Å². The molecule has 0 saturated heterocycles. The van der Waals surface area contributed by atoms with E-state index in [2.05, 4.69) is 10.6 Å². The zero-order valence-corrected chi connectivity index (χ0v) is 24.1. The van der Waals surface area contributed by atoms with E-state index in [1.54, 1.807) is 12.1 Å². The normalized spacial score (nSPS) is 12.5. The van der Waals surface area contributed by atoms with E-state index in [0.29, 0.717) is 37.4 Å². The highest BCUT2D eigenvalue weighted by atomic mass is 35.5. The quantitative estimate of drug-likeness (QED) is 0.144. The highest BCUT2D eigenvalue weighted by Gasteiger charge is 2.36. The average molecular weight is 595 g/mol. The molecule has 0 aliphatic carbocycles. The summed E-state index contributed by atoms with van der Waals surface area (Å²) in [6, 6.07) is 12.1. The summed E-state index contributed by atoms with van der Waals surface area (Å²) in [6.45, 7) is 2.07. The Hall–Kier alpha value is -3.21. The van der Waals surface area contributed by atoms with Gasteiger partial charge in [0.1, 0.15) is 12.4 Å². The van der Waals surface area contributed by atoms with Gasteiger partial charge in [0.25, 0.3) is 5.91 Å². The van der Waals surface area contributed by atoms with Crippen LogP contribution in [-0.2, 0) is 30.3 Å². The smallest absolute Gasteiger partial charge is 0.336 e. The fourth-order valence-corrected chi connectivity index (χ4v) is 4.25. The molecule has 0 fully saturated rings. The van der Waals surface area contributed by atoms with Crippen LogP contribution in [0.4, 0.5) is 10.1 Å². The van der Waals surface area contributed by atoms with Gasteiger partial charge in [-0.2, -0.15) is 0 Å². The molecule has 226 valence electrons. The number of hydrogen-bond donors (Lipinski definition) is 4. The Morgan fingerprint density at radius 2 is 1.56 bits per heavy atom. The van der Waals surface area contributed by atoms with Crippen LogP contribution >= 0.6 is 11.6 Å². The number of hydrogen-bond acceptors (Lipinski definition) is 6. The number of carboxylic acid groups (broad SMARTS) is 2. The minimum Gasteiger partial charge on any atom is -0.480 e. The monoisotopic (exact) mass is 594 g/mol. The number of ether oxygens (including phenoxy) is 2. The van der Waals surface area contributed by atoms with Crippen molar-refractivity contribution in [1.29, 1.82) is 0 Å². The van der Waals surface area contributed by atoms with Gasteiger partial charge in [0, 0.05) is 30.4 Å². The molecular weight excluding hydrogens is 555 g/mol. The van der Waals surface area contributed by atoms with Crippen molar-refractivity contribution in [2.24, 2.45) is 0 Å². The molecule has 11 heteroatoms. The first-order chi connectivity index (χ1) is 19.7. The van der Waals surface area contributed by atoms with Gasteiger partial charge < -0.3 is 30.3 Å². The molecule has 2 atom stereocenters. The lowest BCUT2D eigenvalue weighted by atomic mass is 10.1. The molecule has 0 spiro atoms. The van der Waals surface area contributed by atoms with Crippen molar-refractivity contribution in [2.75, 3.05) is 31.6 Å². The number of aryl methyl sites for hydroxylation is 2. The van der Waals surface area contributed by atoms with E-state index in [0.717, 1.165) is 48.9 Å². The summed E-state index contributed by atoms with van der Waals surface area (Å²) in [7, 11) is 0. The van der Waals surface area contributed by atoms with Gasteiger partial charge in [-0.1, -0.05) is 49.1 Å². The molecule has 2 aromatic carbocycles. The highest BCUT2D eigenvalue weighted by molar-refractivity contribution is 6.31. The van der Waals surface area contributed by atoms with Gasteiger partial charge in [0.15, 0.2) is 12.2 Å². The van der Waals surface area contributed by atoms with Gasteiger partial charge in [-0.15, -0.1) is 0 Å². The second-order valence-corrected chi connectivity index (χ2v) is 10.2. The molecule has 0 aromatic heterocycles. The summed E-state index contributed by atoms with van der Waals surface area (Å²) < 4.78 is 23.6. The van der Waals surface area contributed by atoms with Gasteiger partial charge in [0.2, 0.25) is 0 Å². The SMILES string of the molecule is Cc1ccc(NCCCCOC(C(=O)NCCCCCCCc2ccc(F)cc2)C(OCC(=O)O)C(=O)O)cc1Cl. The summed E-state index contributed by atoms with van der Waals surface area (Å²) in [4.78, 5) is 35.5. The van der Waals surface area contributed by atoms with Crippen LogP contribution < -0.4 is 10.6 Å². The Balaban J connectivity index is 1.74. The lowest BCUT2D eigenvalue weighted by molar-refractivity contribution is -0.172. The van der Waals surface area contributed by atoms with Crippen LogP contribution in [0, 0.1) is 12.7 Å². The molecule has 1 amide bonds. The zero-order chi connectivity index (χ0) is 30.0. The van der Waals surface area contributed by atoms with Crippen molar-refractivity contribution in [3.05, 3.63) is 64.4 Å². The molecule has 4 N–H and O–H groups in total. The van der Waals surface area contributed by atoms with Crippen LogP contribution in [0.2, 0.25) is 5.02 Å². The molecule has 0 saturated carbocycles. The predicted octanol–water partition coefficient (Wildman–Crippen LogP) is 5.23. The number of nitrogens with one attached hydrogen (secondary N) is 2. The second kappa shape index (κ2) is 19.0. The number of rotatable bonds is 21. The van der Waals surface area contributed by atoms with Crippen LogP contribution in [0.3, 0.4) is 0 Å². The lowest BCUT2D eigenvalue weighted by Gasteiger charge is -2.23. The van der Waals surface area contributed by atoms with Crippen molar-refractivity contribution in [3.8, 4) is 0 Å². The molecule has 2 aromatic rings. The van der Waals surface area contributed by atoms with E-state index in [-0.39, 0.29) is 12.4 Å². The van der Waals surface area contributed by atoms with Crippen LogP contribution in [0.1, 0.15) is 56.1 Å². The predicted molar refractivity (Wildman–Crippen MR) is 155 cm³/mol. The first-order valence-corrected chi connectivity index (χ1v) is 14.2. The van der Waals surface area contributed by atoms with Crippen LogP contribution in [0.5, 0.6) is 0 Å². The maximum atomic E-state index is 13.0. The Morgan fingerprint density at radius 3 is 2.24 bits per heavy atom. The van der Waals surface area contributed by atoms with E-state index in [1.807, 2.05) is 25.1 Å². The summed E-state index contributed by atoms with van der Waals surface area (Å²) in [6.07, 6.45) is 3.31. The Labute approximate surface area is 245 Å². The van der Waals surface area contributed by atoms with Crippen LogP contribution in [0.15, 0.2) is 42.5 Å². The van der Waals surface area contributed by atoms with E-state index < -0.39 is 36.7 Å². The second-order valence-electron chi connectivity index (χ2n) is 9.79. The lowest BCUT2D eigenvalue weighted by Crippen LogP contribution is -2.49. The fraction of sp³-hybridized carbons (Fsp3) is 0.500. The Kier molecular flexibility index (Phi) is 15.8. The van der Waals surface area contributed by atoms with Gasteiger partial charge in [-0.05, 0) is 74.4 Å². The number of benzene rings is 2. The molecule has 9 nitrogen and oxygen atoms in total. The molecule has 2 unspecified atom stereocenters. The third kappa shape index (κ3) is 13.8. The van der Waals surface area contributed by atoms with Crippen molar-refractivity contribution in [3.63, 3.8) is 0 Å². The molecule has 0 aliphatic heterocycles. The molecule has 2 rings (SSSR count). The van der Waals surface area contributed by atoms with Crippen LogP contribution in [-0.4, -0.2) is 66.6 Å². The van der Waals surface area contributed by atoms with Crippen molar-refractivity contribution in [1.82, 2.24) is 5.32 Å². The van der Waals surface area contributed by atoms with Gasteiger partial charge in [0.05, 0.1) is 0 Å². The van der Waals surface area contributed by atoms with Gasteiger partial charge in [-0.3, -0.25) is 4.79 Å². The fourth-order valence-electron chi connectivity index (χ4n) is 4.07.